The lowest BCUT2D eigenvalue weighted by molar-refractivity contribution is -0.0900. The Morgan fingerprint density at radius 2 is 2.17 bits per heavy atom. The van der Waals surface area contributed by atoms with Crippen molar-refractivity contribution < 1.29 is 4.74 Å². The second kappa shape index (κ2) is 5.09. The van der Waals surface area contributed by atoms with Crippen molar-refractivity contribution in [3.05, 3.63) is 35.4 Å². The van der Waals surface area contributed by atoms with Gasteiger partial charge in [-0.3, -0.25) is 4.90 Å². The normalized spacial score (nSPS) is 17.2. The van der Waals surface area contributed by atoms with Crippen LogP contribution in [-0.2, 0) is 11.3 Å². The van der Waals surface area contributed by atoms with E-state index in [-0.39, 0.29) is 5.60 Å². The van der Waals surface area contributed by atoms with Crippen LogP contribution in [0.25, 0.3) is 0 Å². The zero-order chi connectivity index (χ0) is 13.2. The lowest BCUT2D eigenvalue weighted by Crippen LogP contribution is -2.55. The molecule has 0 aromatic heterocycles. The first-order valence-electron chi connectivity index (χ1n) is 6.31. The molecule has 1 heterocycles. The van der Waals surface area contributed by atoms with E-state index in [1.807, 2.05) is 18.2 Å². The maximum Gasteiger partial charge on any atom is 0.0991 e. The molecule has 3 heteroatoms. The van der Waals surface area contributed by atoms with E-state index in [2.05, 4.69) is 30.9 Å². The Labute approximate surface area is 109 Å². The molecule has 1 saturated heterocycles. The monoisotopic (exact) mass is 244 g/mol. The average Bonchev–Trinajstić information content (AvgIpc) is 2.33. The highest BCUT2D eigenvalue weighted by atomic mass is 16.5. The quantitative estimate of drug-likeness (QED) is 0.816. The van der Waals surface area contributed by atoms with Gasteiger partial charge in [-0.05, 0) is 31.5 Å². The number of benzene rings is 1. The van der Waals surface area contributed by atoms with Gasteiger partial charge in [-0.2, -0.15) is 5.26 Å². The van der Waals surface area contributed by atoms with Crippen LogP contribution in [0.2, 0.25) is 0 Å². The van der Waals surface area contributed by atoms with Crippen molar-refractivity contribution >= 4 is 0 Å². The summed E-state index contributed by atoms with van der Waals surface area (Å²) in [7, 11) is 1.78. The first-order valence-corrected chi connectivity index (χ1v) is 6.31. The van der Waals surface area contributed by atoms with Crippen molar-refractivity contribution in [2.45, 2.75) is 26.0 Å². The second-order valence-electron chi connectivity index (χ2n) is 5.51. The minimum Gasteiger partial charge on any atom is -0.378 e. The van der Waals surface area contributed by atoms with Crippen LogP contribution in [0.4, 0.5) is 0 Å². The van der Waals surface area contributed by atoms with Crippen LogP contribution in [0, 0.1) is 17.2 Å². The largest absolute Gasteiger partial charge is 0.378 e. The van der Waals surface area contributed by atoms with Crippen molar-refractivity contribution in [1.29, 1.82) is 5.26 Å². The number of nitriles is 1. The molecule has 0 bridgehead atoms. The summed E-state index contributed by atoms with van der Waals surface area (Å²) in [5.74, 6) is 0.599. The maximum absolute atomic E-state index is 8.87. The first kappa shape index (κ1) is 13.1. The van der Waals surface area contributed by atoms with Gasteiger partial charge in [0.05, 0.1) is 17.2 Å². The Hall–Kier alpha value is -1.37. The fraction of sp³-hybridized carbons (Fsp3) is 0.533. The van der Waals surface area contributed by atoms with Crippen LogP contribution < -0.4 is 0 Å². The van der Waals surface area contributed by atoms with E-state index in [1.165, 1.54) is 5.56 Å². The third-order valence-electron chi connectivity index (χ3n) is 3.93. The summed E-state index contributed by atoms with van der Waals surface area (Å²) in [6.07, 6.45) is 0. The topological polar surface area (TPSA) is 36.3 Å². The molecular weight excluding hydrogens is 224 g/mol. The van der Waals surface area contributed by atoms with Gasteiger partial charge in [-0.25, -0.2) is 0 Å². The van der Waals surface area contributed by atoms with Gasteiger partial charge in [0.1, 0.15) is 0 Å². The summed E-state index contributed by atoms with van der Waals surface area (Å²) >= 11 is 0. The van der Waals surface area contributed by atoms with E-state index in [1.54, 1.807) is 7.11 Å². The van der Waals surface area contributed by atoms with Crippen LogP contribution in [0.15, 0.2) is 24.3 Å². The van der Waals surface area contributed by atoms with E-state index >= 15 is 0 Å². The van der Waals surface area contributed by atoms with E-state index < -0.39 is 0 Å². The molecule has 0 spiro atoms. The summed E-state index contributed by atoms with van der Waals surface area (Å²) in [4.78, 5) is 2.39. The Morgan fingerprint density at radius 3 is 2.78 bits per heavy atom. The van der Waals surface area contributed by atoms with Crippen LogP contribution in [0.1, 0.15) is 25.0 Å². The van der Waals surface area contributed by atoms with Crippen molar-refractivity contribution in [3.63, 3.8) is 0 Å². The Balaban J connectivity index is 1.89. The zero-order valence-electron chi connectivity index (χ0n) is 11.3. The number of ether oxygens (including phenoxy) is 1. The molecule has 0 N–H and O–H groups in total. The molecule has 0 unspecified atom stereocenters. The molecule has 1 fully saturated rings. The summed E-state index contributed by atoms with van der Waals surface area (Å²) in [6, 6.07) is 10.0. The molecule has 0 aliphatic carbocycles. The molecule has 2 rings (SSSR count). The highest BCUT2D eigenvalue weighted by molar-refractivity contribution is 5.32. The lowest BCUT2D eigenvalue weighted by atomic mass is 9.84. The molecule has 18 heavy (non-hydrogen) atoms. The Morgan fingerprint density at radius 1 is 1.44 bits per heavy atom. The number of hydrogen-bond donors (Lipinski definition) is 0. The third kappa shape index (κ3) is 2.72. The molecule has 3 nitrogen and oxygen atoms in total. The Bertz CT molecular complexity index is 456. The van der Waals surface area contributed by atoms with Gasteiger partial charge in [-0.1, -0.05) is 12.1 Å². The van der Waals surface area contributed by atoms with Crippen LogP contribution in [-0.4, -0.2) is 30.7 Å². The van der Waals surface area contributed by atoms with Crippen molar-refractivity contribution in [3.8, 4) is 6.07 Å². The predicted molar refractivity (Wildman–Crippen MR) is 71.0 cm³/mol. The molecule has 1 aliphatic rings. The number of likely N-dealkylation sites (tertiary alicyclic amines) is 1. The fourth-order valence-electron chi connectivity index (χ4n) is 2.30. The highest BCUT2D eigenvalue weighted by Gasteiger charge is 2.38. The van der Waals surface area contributed by atoms with Gasteiger partial charge < -0.3 is 4.74 Å². The smallest absolute Gasteiger partial charge is 0.0991 e. The second-order valence-corrected chi connectivity index (χ2v) is 5.51. The molecule has 1 aromatic carbocycles. The van der Waals surface area contributed by atoms with E-state index in [4.69, 9.17) is 10.00 Å². The summed E-state index contributed by atoms with van der Waals surface area (Å²) in [5.41, 5.74) is 1.91. The third-order valence-corrected chi connectivity index (χ3v) is 3.93. The lowest BCUT2D eigenvalue weighted by Gasteiger charge is -2.47. The number of methoxy groups -OCH3 is 1. The van der Waals surface area contributed by atoms with Crippen molar-refractivity contribution in [2.75, 3.05) is 20.2 Å². The van der Waals surface area contributed by atoms with Gasteiger partial charge in [-0.15, -0.1) is 0 Å². The van der Waals surface area contributed by atoms with Crippen LogP contribution in [0.5, 0.6) is 0 Å². The fourth-order valence-corrected chi connectivity index (χ4v) is 2.30. The molecule has 0 saturated carbocycles. The number of hydrogen-bond acceptors (Lipinski definition) is 3. The van der Waals surface area contributed by atoms with Gasteiger partial charge in [0, 0.05) is 32.7 Å². The predicted octanol–water partition coefficient (Wildman–Crippen LogP) is 2.42. The number of rotatable bonds is 4. The van der Waals surface area contributed by atoms with Crippen LogP contribution in [0.3, 0.4) is 0 Å². The standard InChI is InChI=1S/C15H20N2O/c1-15(2,18-3)14-10-17(11-14)9-13-6-4-5-12(7-13)8-16/h4-7,14H,9-11H2,1-3H3. The van der Waals surface area contributed by atoms with E-state index in [0.717, 1.165) is 25.2 Å². The molecular formula is C15H20N2O. The molecule has 1 aromatic rings. The van der Waals surface area contributed by atoms with Gasteiger partial charge >= 0.3 is 0 Å². The zero-order valence-corrected chi connectivity index (χ0v) is 11.3. The first-order chi connectivity index (χ1) is 8.55. The molecule has 0 radical (unpaired) electrons. The highest BCUT2D eigenvalue weighted by Crippen LogP contribution is 2.30. The molecule has 1 aliphatic heterocycles. The molecule has 0 amide bonds. The van der Waals surface area contributed by atoms with E-state index in [9.17, 15) is 0 Å². The maximum atomic E-state index is 8.87. The minimum absolute atomic E-state index is 0.0367. The molecule has 0 atom stereocenters. The SMILES string of the molecule is COC(C)(C)C1CN(Cc2cccc(C#N)c2)C1. The summed E-state index contributed by atoms with van der Waals surface area (Å²) in [5, 5.41) is 8.87. The summed E-state index contributed by atoms with van der Waals surface area (Å²) < 4.78 is 5.51. The summed E-state index contributed by atoms with van der Waals surface area (Å²) in [6.45, 7) is 7.34. The minimum atomic E-state index is -0.0367. The van der Waals surface area contributed by atoms with Crippen molar-refractivity contribution in [1.82, 2.24) is 4.90 Å². The van der Waals surface area contributed by atoms with Crippen LogP contribution >= 0.6 is 0 Å². The average molecular weight is 244 g/mol. The van der Waals surface area contributed by atoms with Gasteiger partial charge in [0.2, 0.25) is 0 Å². The van der Waals surface area contributed by atoms with Gasteiger partial charge in [0.15, 0.2) is 0 Å². The van der Waals surface area contributed by atoms with Gasteiger partial charge in [0.25, 0.3) is 0 Å². The molecule has 96 valence electrons. The Kier molecular flexibility index (Phi) is 3.70. The number of nitrogens with zero attached hydrogens (tertiary/aromatic N) is 2. The van der Waals surface area contributed by atoms with E-state index in [0.29, 0.717) is 5.92 Å². The van der Waals surface area contributed by atoms with Crippen molar-refractivity contribution in [2.24, 2.45) is 5.92 Å².